The third kappa shape index (κ3) is 4.07. The molecule has 8 nitrogen and oxygen atoms in total. The van der Waals surface area contributed by atoms with Gasteiger partial charge in [0.2, 0.25) is 17.7 Å². The van der Waals surface area contributed by atoms with Crippen molar-refractivity contribution in [1.29, 1.82) is 0 Å². The molecule has 1 aromatic heterocycles. The van der Waals surface area contributed by atoms with Crippen molar-refractivity contribution in [2.75, 3.05) is 39.3 Å². The highest BCUT2D eigenvalue weighted by Crippen LogP contribution is 2.20. The maximum atomic E-state index is 12.5. The molecule has 0 saturated carbocycles. The minimum Gasteiger partial charge on any atom is -0.341 e. The molecule has 8 heteroatoms. The zero-order valence-corrected chi connectivity index (χ0v) is 13.5. The maximum Gasteiger partial charge on any atom is 0.242 e. The first-order valence-electron chi connectivity index (χ1n) is 8.17. The van der Waals surface area contributed by atoms with Gasteiger partial charge in [0.1, 0.15) is 0 Å². The van der Waals surface area contributed by atoms with Crippen LogP contribution in [0.1, 0.15) is 24.6 Å². The predicted molar refractivity (Wildman–Crippen MR) is 81.5 cm³/mol. The topological polar surface area (TPSA) is 91.6 Å². The zero-order chi connectivity index (χ0) is 16.2. The van der Waals surface area contributed by atoms with Crippen molar-refractivity contribution in [3.8, 4) is 0 Å². The molecule has 2 aliphatic rings. The Hall–Kier alpha value is -1.96. The number of likely N-dealkylation sites (tertiary alicyclic amines) is 1. The van der Waals surface area contributed by atoms with Gasteiger partial charge >= 0.3 is 0 Å². The number of nitrogens with zero attached hydrogens (tertiary/aromatic N) is 4. The zero-order valence-electron chi connectivity index (χ0n) is 13.5. The van der Waals surface area contributed by atoms with Gasteiger partial charge < -0.3 is 19.6 Å². The van der Waals surface area contributed by atoms with Crippen LogP contribution in [0.4, 0.5) is 0 Å². The van der Waals surface area contributed by atoms with Crippen molar-refractivity contribution in [1.82, 2.24) is 25.3 Å². The van der Waals surface area contributed by atoms with E-state index in [2.05, 4.69) is 15.5 Å². The van der Waals surface area contributed by atoms with Gasteiger partial charge in [-0.05, 0) is 18.8 Å². The van der Waals surface area contributed by atoms with E-state index in [0.29, 0.717) is 37.3 Å². The smallest absolute Gasteiger partial charge is 0.242 e. The molecular weight excluding hydrogens is 298 g/mol. The highest BCUT2D eigenvalue weighted by Gasteiger charge is 2.28. The van der Waals surface area contributed by atoms with Crippen LogP contribution >= 0.6 is 0 Å². The lowest BCUT2D eigenvalue weighted by Crippen LogP contribution is -2.53. The molecule has 1 atom stereocenters. The second-order valence-corrected chi connectivity index (χ2v) is 6.27. The van der Waals surface area contributed by atoms with Crippen LogP contribution in [0.15, 0.2) is 4.52 Å². The van der Waals surface area contributed by atoms with Crippen LogP contribution in [0.2, 0.25) is 0 Å². The Morgan fingerprint density at radius 1 is 1.43 bits per heavy atom. The lowest BCUT2D eigenvalue weighted by Gasteiger charge is -2.35. The van der Waals surface area contributed by atoms with Gasteiger partial charge in [-0.25, -0.2) is 0 Å². The molecule has 3 heterocycles. The fourth-order valence-electron chi connectivity index (χ4n) is 3.22. The summed E-state index contributed by atoms with van der Waals surface area (Å²) in [5.74, 6) is 1.66. The second kappa shape index (κ2) is 7.08. The normalized spacial score (nSPS) is 22.5. The number of hydrogen-bond donors (Lipinski definition) is 1. The highest BCUT2D eigenvalue weighted by atomic mass is 16.5. The standard InChI is InChI=1S/C15H23N5O3/c1-11-17-13(18-23-11)7-12-3-2-5-19(9-12)15(22)10-20-6-4-16-8-14(20)21/h12,16H,2-10H2,1H3. The Labute approximate surface area is 135 Å². The second-order valence-electron chi connectivity index (χ2n) is 6.27. The molecule has 2 aliphatic heterocycles. The van der Waals surface area contributed by atoms with Crippen molar-refractivity contribution in [3.05, 3.63) is 11.7 Å². The number of carbonyl (C=O) groups is 2. The number of carbonyl (C=O) groups excluding carboxylic acids is 2. The molecule has 0 aromatic carbocycles. The van der Waals surface area contributed by atoms with Gasteiger partial charge in [0.05, 0.1) is 13.1 Å². The third-order valence-electron chi connectivity index (χ3n) is 4.43. The number of aryl methyl sites for hydroxylation is 1. The molecule has 1 unspecified atom stereocenters. The lowest BCUT2D eigenvalue weighted by atomic mass is 9.94. The molecule has 2 fully saturated rings. The molecule has 0 radical (unpaired) electrons. The summed E-state index contributed by atoms with van der Waals surface area (Å²) in [5.41, 5.74) is 0. The predicted octanol–water partition coefficient (Wildman–Crippen LogP) is -0.409. The Bertz CT molecular complexity index is 573. The van der Waals surface area contributed by atoms with Crippen LogP contribution in [0.25, 0.3) is 0 Å². The molecule has 23 heavy (non-hydrogen) atoms. The molecular formula is C15H23N5O3. The summed E-state index contributed by atoms with van der Waals surface area (Å²) >= 11 is 0. The molecule has 1 N–H and O–H groups in total. The lowest BCUT2D eigenvalue weighted by molar-refractivity contribution is -0.142. The van der Waals surface area contributed by atoms with Gasteiger partial charge in [0, 0.05) is 39.5 Å². The number of hydrogen-bond acceptors (Lipinski definition) is 6. The van der Waals surface area contributed by atoms with Gasteiger partial charge in [0.25, 0.3) is 0 Å². The number of nitrogens with one attached hydrogen (secondary N) is 1. The van der Waals surface area contributed by atoms with Gasteiger partial charge in [-0.15, -0.1) is 0 Å². The molecule has 0 bridgehead atoms. The van der Waals surface area contributed by atoms with Crippen LogP contribution in [0.5, 0.6) is 0 Å². The van der Waals surface area contributed by atoms with Crippen LogP contribution in [-0.4, -0.2) is 71.0 Å². The number of piperazine rings is 1. The average molecular weight is 321 g/mol. The minimum atomic E-state index is 0.000400. The van der Waals surface area contributed by atoms with Crippen LogP contribution < -0.4 is 5.32 Å². The number of amides is 2. The first-order valence-corrected chi connectivity index (χ1v) is 8.17. The monoisotopic (exact) mass is 321 g/mol. The number of aromatic nitrogens is 2. The third-order valence-corrected chi connectivity index (χ3v) is 4.43. The van der Waals surface area contributed by atoms with Crippen molar-refractivity contribution < 1.29 is 14.1 Å². The SMILES string of the molecule is Cc1nc(CC2CCCN(C(=O)CN3CCNCC3=O)C2)no1. The first kappa shape index (κ1) is 15.9. The van der Waals surface area contributed by atoms with Crippen molar-refractivity contribution in [2.45, 2.75) is 26.2 Å². The fourth-order valence-corrected chi connectivity index (χ4v) is 3.22. The Kier molecular flexibility index (Phi) is 4.90. The van der Waals surface area contributed by atoms with Crippen molar-refractivity contribution in [3.63, 3.8) is 0 Å². The summed E-state index contributed by atoms with van der Waals surface area (Å²) in [5, 5.41) is 6.95. The summed E-state index contributed by atoms with van der Waals surface area (Å²) < 4.78 is 5.00. The summed E-state index contributed by atoms with van der Waals surface area (Å²) in [7, 11) is 0. The van der Waals surface area contributed by atoms with E-state index in [1.54, 1.807) is 11.8 Å². The molecule has 2 saturated heterocycles. The molecule has 0 aliphatic carbocycles. The van der Waals surface area contributed by atoms with E-state index < -0.39 is 0 Å². The molecule has 1 aromatic rings. The van der Waals surface area contributed by atoms with Gasteiger partial charge in [-0.3, -0.25) is 9.59 Å². The Morgan fingerprint density at radius 2 is 2.30 bits per heavy atom. The van der Waals surface area contributed by atoms with E-state index >= 15 is 0 Å². The van der Waals surface area contributed by atoms with Crippen molar-refractivity contribution >= 4 is 11.8 Å². The summed E-state index contributed by atoms with van der Waals surface area (Å²) in [4.78, 5) is 32.0. The Morgan fingerprint density at radius 3 is 3.04 bits per heavy atom. The summed E-state index contributed by atoms with van der Waals surface area (Å²) in [6, 6.07) is 0. The largest absolute Gasteiger partial charge is 0.341 e. The van der Waals surface area contributed by atoms with Crippen molar-refractivity contribution in [2.24, 2.45) is 5.92 Å². The van der Waals surface area contributed by atoms with Crippen LogP contribution in [0, 0.1) is 12.8 Å². The van der Waals surface area contributed by atoms with Gasteiger partial charge in [-0.1, -0.05) is 5.16 Å². The first-order chi connectivity index (χ1) is 11.1. The minimum absolute atomic E-state index is 0.000400. The van der Waals surface area contributed by atoms with E-state index in [0.717, 1.165) is 32.4 Å². The molecule has 3 rings (SSSR count). The van der Waals surface area contributed by atoms with Gasteiger partial charge in [0.15, 0.2) is 5.82 Å². The van der Waals surface area contributed by atoms with E-state index in [1.807, 2.05) is 4.90 Å². The average Bonchev–Trinajstić information content (AvgIpc) is 2.95. The van der Waals surface area contributed by atoms with E-state index in [-0.39, 0.29) is 18.4 Å². The van der Waals surface area contributed by atoms with E-state index in [9.17, 15) is 9.59 Å². The number of piperidine rings is 1. The van der Waals surface area contributed by atoms with E-state index in [4.69, 9.17) is 4.52 Å². The van der Waals surface area contributed by atoms with Crippen LogP contribution in [-0.2, 0) is 16.0 Å². The quantitative estimate of drug-likeness (QED) is 0.811. The number of rotatable bonds is 4. The van der Waals surface area contributed by atoms with Crippen LogP contribution in [0.3, 0.4) is 0 Å². The fraction of sp³-hybridized carbons (Fsp3) is 0.733. The summed E-state index contributed by atoms with van der Waals surface area (Å²) in [6.45, 7) is 5.11. The maximum absolute atomic E-state index is 12.5. The Balaban J connectivity index is 1.53. The molecule has 2 amide bonds. The highest BCUT2D eigenvalue weighted by molar-refractivity contribution is 5.86. The summed E-state index contributed by atoms with van der Waals surface area (Å²) in [6.07, 6.45) is 2.76. The van der Waals surface area contributed by atoms with E-state index in [1.165, 1.54) is 0 Å². The molecule has 126 valence electrons. The molecule has 0 spiro atoms. The van der Waals surface area contributed by atoms with Gasteiger partial charge in [-0.2, -0.15) is 4.98 Å².